The number of carbonyl (C=O) groups is 1. The van der Waals surface area contributed by atoms with Crippen molar-refractivity contribution < 1.29 is 4.79 Å². The molecule has 1 fully saturated rings. The van der Waals surface area contributed by atoms with Crippen LogP contribution in [0.2, 0.25) is 5.02 Å². The second-order valence-corrected chi connectivity index (χ2v) is 6.98. The van der Waals surface area contributed by atoms with E-state index in [-0.39, 0.29) is 29.9 Å². The first kappa shape index (κ1) is 23.0. The van der Waals surface area contributed by atoms with Crippen molar-refractivity contribution in [3.05, 3.63) is 34.9 Å². The molecule has 1 amide bonds. The maximum absolute atomic E-state index is 12.1. The van der Waals surface area contributed by atoms with E-state index in [0.29, 0.717) is 25.6 Å². The van der Waals surface area contributed by atoms with Crippen LogP contribution in [0.1, 0.15) is 44.1 Å². The summed E-state index contributed by atoms with van der Waals surface area (Å²) in [6.07, 6.45) is 6.42. The van der Waals surface area contributed by atoms with Crippen LogP contribution in [-0.4, -0.2) is 43.4 Å². The number of aliphatic imine (C=N–C) groups is 1. The smallest absolute Gasteiger partial charge is 0.221 e. The minimum Gasteiger partial charge on any atom is -0.356 e. The van der Waals surface area contributed by atoms with Crippen molar-refractivity contribution in [2.45, 2.75) is 51.1 Å². The lowest BCUT2D eigenvalue weighted by atomic mass is 9.95. The van der Waals surface area contributed by atoms with Gasteiger partial charge in [0, 0.05) is 44.7 Å². The lowest BCUT2D eigenvalue weighted by Crippen LogP contribution is -2.41. The number of rotatable bonds is 6. The minimum absolute atomic E-state index is 0. The van der Waals surface area contributed by atoms with Crippen LogP contribution in [0.4, 0.5) is 0 Å². The van der Waals surface area contributed by atoms with Gasteiger partial charge in [-0.1, -0.05) is 49.1 Å². The van der Waals surface area contributed by atoms with Gasteiger partial charge < -0.3 is 15.5 Å². The molecule has 1 saturated carbocycles. The third-order valence-electron chi connectivity index (χ3n) is 4.54. The zero-order valence-electron chi connectivity index (χ0n) is 15.6. The number of hydrogen-bond donors (Lipinski definition) is 2. The Kier molecular flexibility index (Phi) is 11.0. The molecule has 0 bridgehead atoms. The highest BCUT2D eigenvalue weighted by Gasteiger charge is 2.15. The number of benzene rings is 1. The maximum Gasteiger partial charge on any atom is 0.221 e. The average Bonchev–Trinajstić information content (AvgIpc) is 2.61. The lowest BCUT2D eigenvalue weighted by Gasteiger charge is -2.24. The largest absolute Gasteiger partial charge is 0.356 e. The van der Waals surface area contributed by atoms with Crippen LogP contribution < -0.4 is 10.6 Å². The van der Waals surface area contributed by atoms with Gasteiger partial charge in [-0.25, -0.2) is 0 Å². The van der Waals surface area contributed by atoms with E-state index in [2.05, 4.69) is 15.6 Å². The van der Waals surface area contributed by atoms with Gasteiger partial charge in [0.05, 0.1) is 0 Å². The number of nitrogens with zero attached hydrogens (tertiary/aromatic N) is 2. The van der Waals surface area contributed by atoms with E-state index >= 15 is 0 Å². The van der Waals surface area contributed by atoms with Gasteiger partial charge in [-0.15, -0.1) is 24.0 Å². The van der Waals surface area contributed by atoms with Crippen molar-refractivity contribution in [3.63, 3.8) is 0 Å². The van der Waals surface area contributed by atoms with Crippen molar-refractivity contribution in [2.24, 2.45) is 4.99 Å². The summed E-state index contributed by atoms with van der Waals surface area (Å²) in [5, 5.41) is 7.13. The molecule has 0 aliphatic heterocycles. The number of carbonyl (C=O) groups excluding carboxylic acids is 1. The number of halogens is 2. The summed E-state index contributed by atoms with van der Waals surface area (Å²) >= 11 is 6.21. The topological polar surface area (TPSA) is 56.7 Å². The monoisotopic (exact) mass is 492 g/mol. The van der Waals surface area contributed by atoms with Crippen molar-refractivity contribution in [1.29, 1.82) is 0 Å². The van der Waals surface area contributed by atoms with E-state index in [0.717, 1.165) is 29.4 Å². The summed E-state index contributed by atoms with van der Waals surface area (Å²) in [5.41, 5.74) is 1.05. The summed E-state index contributed by atoms with van der Waals surface area (Å²) in [6.45, 7) is 1.23. The van der Waals surface area contributed by atoms with Gasteiger partial charge in [-0.2, -0.15) is 0 Å². The zero-order valence-corrected chi connectivity index (χ0v) is 18.7. The molecule has 0 radical (unpaired) electrons. The van der Waals surface area contributed by atoms with Gasteiger partial charge >= 0.3 is 0 Å². The molecule has 0 atom stereocenters. The van der Waals surface area contributed by atoms with E-state index in [1.54, 1.807) is 7.05 Å². The van der Waals surface area contributed by atoms with Gasteiger partial charge in [0.1, 0.15) is 0 Å². The summed E-state index contributed by atoms with van der Waals surface area (Å²) in [5.74, 6) is 0.869. The van der Waals surface area contributed by atoms with Crippen molar-refractivity contribution in [2.75, 3.05) is 20.6 Å². The van der Waals surface area contributed by atoms with Crippen molar-refractivity contribution >= 4 is 47.4 Å². The minimum atomic E-state index is 0. The van der Waals surface area contributed by atoms with Crippen LogP contribution in [-0.2, 0) is 11.3 Å². The number of nitrogens with one attached hydrogen (secondary N) is 2. The third kappa shape index (κ3) is 7.70. The van der Waals surface area contributed by atoms with Crippen LogP contribution in [0.3, 0.4) is 0 Å². The Morgan fingerprint density at radius 1 is 1.27 bits per heavy atom. The summed E-state index contributed by atoms with van der Waals surface area (Å²) in [6, 6.07) is 8.15. The van der Waals surface area contributed by atoms with E-state index in [1.165, 1.54) is 19.3 Å². The van der Waals surface area contributed by atoms with E-state index in [9.17, 15) is 4.79 Å². The molecule has 0 saturated heterocycles. The second kappa shape index (κ2) is 12.4. The normalized spacial score (nSPS) is 15.1. The molecule has 2 N–H and O–H groups in total. The molecular formula is C19H30ClIN4O. The Morgan fingerprint density at radius 3 is 2.62 bits per heavy atom. The summed E-state index contributed by atoms with van der Waals surface area (Å²) < 4.78 is 0. The standard InChI is InChI=1S/C19H29ClN4O.HI/c1-21-19(24(2)14-15-8-6-7-11-17(15)20)22-13-12-18(25)23-16-9-4-3-5-10-16;/h6-8,11,16H,3-5,9-10,12-14H2,1-2H3,(H,21,22)(H,23,25);1H. The molecule has 1 aromatic carbocycles. The fourth-order valence-electron chi connectivity index (χ4n) is 3.18. The van der Waals surface area contributed by atoms with E-state index < -0.39 is 0 Å². The molecule has 2 rings (SSSR count). The maximum atomic E-state index is 12.1. The molecule has 0 heterocycles. The Bertz CT molecular complexity index is 591. The second-order valence-electron chi connectivity index (χ2n) is 6.57. The van der Waals surface area contributed by atoms with Crippen LogP contribution in [0.25, 0.3) is 0 Å². The van der Waals surface area contributed by atoms with Gasteiger partial charge in [0.15, 0.2) is 5.96 Å². The van der Waals surface area contributed by atoms with Crippen LogP contribution in [0.5, 0.6) is 0 Å². The van der Waals surface area contributed by atoms with Crippen molar-refractivity contribution in [3.8, 4) is 0 Å². The predicted octanol–water partition coefficient (Wildman–Crippen LogP) is 3.80. The van der Waals surface area contributed by atoms with Crippen LogP contribution >= 0.6 is 35.6 Å². The summed E-state index contributed by atoms with van der Waals surface area (Å²) in [7, 11) is 3.70. The van der Waals surface area contributed by atoms with Gasteiger partial charge in [0.2, 0.25) is 5.91 Å². The van der Waals surface area contributed by atoms with E-state index in [1.807, 2.05) is 36.2 Å². The molecule has 1 aliphatic carbocycles. The Balaban J connectivity index is 0.00000338. The molecule has 0 aromatic heterocycles. The molecule has 0 unspecified atom stereocenters. The van der Waals surface area contributed by atoms with Crippen LogP contribution in [0, 0.1) is 0 Å². The Morgan fingerprint density at radius 2 is 1.96 bits per heavy atom. The van der Waals surface area contributed by atoms with Crippen LogP contribution in [0.15, 0.2) is 29.3 Å². The first-order chi connectivity index (χ1) is 12.1. The SMILES string of the molecule is CN=C(NCCC(=O)NC1CCCCC1)N(C)Cc1ccccc1Cl.I. The lowest BCUT2D eigenvalue weighted by molar-refractivity contribution is -0.121. The Hall–Kier alpha value is -1.02. The number of amides is 1. The highest BCUT2D eigenvalue weighted by Crippen LogP contribution is 2.17. The molecule has 1 aliphatic rings. The first-order valence-electron chi connectivity index (χ1n) is 9.04. The molecule has 7 heteroatoms. The van der Waals surface area contributed by atoms with Gasteiger partial charge in [0.25, 0.3) is 0 Å². The number of guanidine groups is 1. The molecule has 26 heavy (non-hydrogen) atoms. The van der Waals surface area contributed by atoms with E-state index in [4.69, 9.17) is 11.6 Å². The predicted molar refractivity (Wildman–Crippen MR) is 119 cm³/mol. The molecule has 0 spiro atoms. The molecule has 1 aromatic rings. The average molecular weight is 493 g/mol. The van der Waals surface area contributed by atoms with Gasteiger partial charge in [-0.3, -0.25) is 9.79 Å². The first-order valence-corrected chi connectivity index (χ1v) is 9.42. The third-order valence-corrected chi connectivity index (χ3v) is 4.91. The highest BCUT2D eigenvalue weighted by atomic mass is 127. The fraction of sp³-hybridized carbons (Fsp3) is 0.579. The van der Waals surface area contributed by atoms with Gasteiger partial charge in [-0.05, 0) is 24.5 Å². The summed E-state index contributed by atoms with van der Waals surface area (Å²) in [4.78, 5) is 18.3. The highest BCUT2D eigenvalue weighted by molar-refractivity contribution is 14.0. The zero-order chi connectivity index (χ0) is 18.1. The van der Waals surface area contributed by atoms with Crippen molar-refractivity contribution in [1.82, 2.24) is 15.5 Å². The molecule has 5 nitrogen and oxygen atoms in total. The molecule has 146 valence electrons. The number of hydrogen-bond acceptors (Lipinski definition) is 2. The fourth-order valence-corrected chi connectivity index (χ4v) is 3.37. The quantitative estimate of drug-likeness (QED) is 0.361. The Labute approximate surface area is 179 Å². The molecular weight excluding hydrogens is 463 g/mol.